The fraction of sp³-hybridized carbons (Fsp3) is 0.385. The van der Waals surface area contributed by atoms with Crippen molar-refractivity contribution in [3.8, 4) is 0 Å². The highest BCUT2D eigenvalue weighted by Gasteiger charge is 2.38. The van der Waals surface area contributed by atoms with Gasteiger partial charge in [-0.05, 0) is 18.1 Å². The molecule has 2 rings (SSSR count). The van der Waals surface area contributed by atoms with E-state index in [9.17, 15) is 19.7 Å². The third-order valence-corrected chi connectivity index (χ3v) is 3.84. The number of carboxylic acid groups (broad SMARTS) is 1. The highest BCUT2D eigenvalue weighted by molar-refractivity contribution is 6.31. The molecule has 1 aromatic rings. The topological polar surface area (TPSA) is 101 Å². The van der Waals surface area contributed by atoms with Crippen LogP contribution in [0.2, 0.25) is 5.02 Å². The van der Waals surface area contributed by atoms with Crippen molar-refractivity contribution >= 4 is 29.2 Å². The van der Waals surface area contributed by atoms with Gasteiger partial charge in [0.05, 0.1) is 10.8 Å². The third-order valence-electron chi connectivity index (χ3n) is 3.60. The summed E-state index contributed by atoms with van der Waals surface area (Å²) in [7, 11) is 0. The number of rotatable bonds is 3. The Kier molecular flexibility index (Phi) is 4.13. The van der Waals surface area contributed by atoms with Gasteiger partial charge in [-0.25, -0.2) is 0 Å². The van der Waals surface area contributed by atoms with Crippen LogP contribution in [0, 0.1) is 22.0 Å². The molecule has 1 fully saturated rings. The number of carbonyl (C=O) groups excluding carboxylic acids is 1. The predicted molar refractivity (Wildman–Crippen MR) is 74.3 cm³/mol. The van der Waals surface area contributed by atoms with Gasteiger partial charge in [0.25, 0.3) is 11.6 Å². The number of amides is 1. The largest absolute Gasteiger partial charge is 0.481 e. The first-order valence-electron chi connectivity index (χ1n) is 6.27. The van der Waals surface area contributed by atoms with Crippen molar-refractivity contribution in [2.24, 2.45) is 11.8 Å². The van der Waals surface area contributed by atoms with E-state index in [0.717, 1.165) is 0 Å². The zero-order valence-electron chi connectivity index (χ0n) is 11.2. The monoisotopic (exact) mass is 312 g/mol. The first-order valence-corrected chi connectivity index (χ1v) is 6.65. The van der Waals surface area contributed by atoms with Gasteiger partial charge in [-0.2, -0.15) is 0 Å². The van der Waals surface area contributed by atoms with Gasteiger partial charge < -0.3 is 10.0 Å². The molecule has 0 spiro atoms. The maximum atomic E-state index is 12.4. The molecule has 112 valence electrons. The number of nitrogens with zero attached hydrogens (tertiary/aromatic N) is 2. The van der Waals surface area contributed by atoms with E-state index in [1.165, 1.54) is 23.1 Å². The summed E-state index contributed by atoms with van der Waals surface area (Å²) in [5.41, 5.74) is -0.457. The van der Waals surface area contributed by atoms with Crippen molar-refractivity contribution in [3.63, 3.8) is 0 Å². The molecule has 0 unspecified atom stereocenters. The van der Waals surface area contributed by atoms with E-state index in [2.05, 4.69) is 0 Å². The number of halogens is 1. The van der Waals surface area contributed by atoms with Crippen LogP contribution in [0.4, 0.5) is 5.69 Å². The van der Waals surface area contributed by atoms with Gasteiger partial charge in [0.1, 0.15) is 5.56 Å². The lowest BCUT2D eigenvalue weighted by molar-refractivity contribution is -0.385. The Bertz CT molecular complexity index is 619. The van der Waals surface area contributed by atoms with E-state index in [4.69, 9.17) is 16.7 Å². The second-order valence-electron chi connectivity index (χ2n) is 5.05. The van der Waals surface area contributed by atoms with Crippen LogP contribution in [0.25, 0.3) is 0 Å². The van der Waals surface area contributed by atoms with Crippen LogP contribution in [-0.2, 0) is 4.79 Å². The van der Waals surface area contributed by atoms with Crippen molar-refractivity contribution in [2.75, 3.05) is 13.1 Å². The van der Waals surface area contributed by atoms with E-state index >= 15 is 0 Å². The third kappa shape index (κ3) is 2.97. The number of carbonyl (C=O) groups is 2. The smallest absolute Gasteiger partial charge is 0.308 e. The number of nitro benzene ring substituents is 1. The minimum absolute atomic E-state index is 0.0407. The summed E-state index contributed by atoms with van der Waals surface area (Å²) < 4.78 is 0. The summed E-state index contributed by atoms with van der Waals surface area (Å²) in [4.78, 5) is 35.1. The van der Waals surface area contributed by atoms with Crippen molar-refractivity contribution in [2.45, 2.75) is 6.92 Å². The number of aliphatic carboxylic acids is 1. The van der Waals surface area contributed by atoms with E-state index in [-0.39, 0.29) is 35.3 Å². The van der Waals surface area contributed by atoms with Crippen molar-refractivity contribution in [1.82, 2.24) is 4.90 Å². The Morgan fingerprint density at radius 2 is 2.10 bits per heavy atom. The van der Waals surface area contributed by atoms with E-state index < -0.39 is 22.7 Å². The fourth-order valence-electron chi connectivity index (χ4n) is 2.46. The molecule has 1 heterocycles. The van der Waals surface area contributed by atoms with Gasteiger partial charge in [0, 0.05) is 24.2 Å². The van der Waals surface area contributed by atoms with Crippen LogP contribution < -0.4 is 0 Å². The molecule has 7 nitrogen and oxygen atoms in total. The van der Waals surface area contributed by atoms with Crippen LogP contribution in [0.3, 0.4) is 0 Å². The molecule has 0 aromatic heterocycles. The van der Waals surface area contributed by atoms with Crippen LogP contribution in [0.1, 0.15) is 17.3 Å². The predicted octanol–water partition coefficient (Wildman–Crippen LogP) is 2.04. The molecule has 2 atom stereocenters. The Morgan fingerprint density at radius 3 is 2.62 bits per heavy atom. The Labute approximate surface area is 125 Å². The zero-order chi connectivity index (χ0) is 15.7. The standard InChI is InChI=1S/C13H13ClN2O5/c1-7-5-15(6-10(7)13(18)19)12(17)9-4-8(14)2-3-11(9)16(20)21/h2-4,7,10H,5-6H2,1H3,(H,18,19)/t7-,10-/m1/s1. The minimum Gasteiger partial charge on any atom is -0.481 e. The Balaban J connectivity index is 2.31. The first kappa shape index (κ1) is 15.2. The van der Waals surface area contributed by atoms with Crippen LogP contribution in [0.5, 0.6) is 0 Å². The SMILES string of the molecule is C[C@@H]1CN(C(=O)c2cc(Cl)ccc2[N+](=O)[O-])C[C@H]1C(=O)O. The molecule has 1 N–H and O–H groups in total. The number of likely N-dealkylation sites (tertiary alicyclic amines) is 1. The lowest BCUT2D eigenvalue weighted by atomic mass is 9.99. The molecule has 0 saturated carbocycles. The second-order valence-corrected chi connectivity index (χ2v) is 5.49. The maximum absolute atomic E-state index is 12.4. The molecular formula is C13H13ClN2O5. The van der Waals surface area contributed by atoms with Crippen molar-refractivity contribution in [1.29, 1.82) is 0 Å². The van der Waals surface area contributed by atoms with Gasteiger partial charge in [-0.15, -0.1) is 0 Å². The number of carboxylic acids is 1. The second kappa shape index (κ2) is 5.69. The lowest BCUT2D eigenvalue weighted by Gasteiger charge is -2.16. The van der Waals surface area contributed by atoms with Crippen LogP contribution in [0.15, 0.2) is 18.2 Å². The zero-order valence-corrected chi connectivity index (χ0v) is 11.9. The summed E-state index contributed by atoms with van der Waals surface area (Å²) in [5.74, 6) is -2.41. The average Bonchev–Trinajstić information content (AvgIpc) is 2.79. The Morgan fingerprint density at radius 1 is 1.43 bits per heavy atom. The molecular weight excluding hydrogens is 300 g/mol. The van der Waals surface area contributed by atoms with Gasteiger partial charge >= 0.3 is 5.97 Å². The molecule has 0 bridgehead atoms. The van der Waals surface area contributed by atoms with Gasteiger partial charge in [0.2, 0.25) is 0 Å². The normalized spacial score (nSPS) is 21.3. The fourth-order valence-corrected chi connectivity index (χ4v) is 2.64. The molecule has 1 aromatic carbocycles. The summed E-state index contributed by atoms with van der Waals surface area (Å²) in [6, 6.07) is 3.74. The molecule has 1 saturated heterocycles. The van der Waals surface area contributed by atoms with Crippen LogP contribution in [-0.4, -0.2) is 39.9 Å². The minimum atomic E-state index is -0.974. The maximum Gasteiger partial charge on any atom is 0.308 e. The number of nitro groups is 1. The molecule has 0 aliphatic carbocycles. The molecule has 8 heteroatoms. The molecule has 1 aliphatic heterocycles. The lowest BCUT2D eigenvalue weighted by Crippen LogP contribution is -2.30. The van der Waals surface area contributed by atoms with E-state index in [1.54, 1.807) is 6.92 Å². The van der Waals surface area contributed by atoms with Crippen LogP contribution >= 0.6 is 11.6 Å². The first-order chi connectivity index (χ1) is 9.81. The van der Waals surface area contributed by atoms with Gasteiger partial charge in [-0.3, -0.25) is 19.7 Å². The summed E-state index contributed by atoms with van der Waals surface area (Å²) in [5, 5.41) is 20.3. The molecule has 1 aliphatic rings. The molecule has 0 radical (unpaired) electrons. The number of hydrogen-bond acceptors (Lipinski definition) is 4. The van der Waals surface area contributed by atoms with Gasteiger partial charge in [0.15, 0.2) is 0 Å². The quantitative estimate of drug-likeness (QED) is 0.680. The number of hydrogen-bond donors (Lipinski definition) is 1. The summed E-state index contributed by atoms with van der Waals surface area (Å²) in [6.07, 6.45) is 0. The molecule has 1 amide bonds. The highest BCUT2D eigenvalue weighted by atomic mass is 35.5. The molecule has 21 heavy (non-hydrogen) atoms. The summed E-state index contributed by atoms with van der Waals surface area (Å²) in [6.45, 7) is 2.02. The van der Waals surface area contributed by atoms with Crippen molar-refractivity contribution < 1.29 is 19.6 Å². The highest BCUT2D eigenvalue weighted by Crippen LogP contribution is 2.29. The average molecular weight is 313 g/mol. The Hall–Kier alpha value is -2.15. The van der Waals surface area contributed by atoms with E-state index in [1.807, 2.05) is 0 Å². The summed E-state index contributed by atoms with van der Waals surface area (Å²) >= 11 is 5.79. The number of benzene rings is 1. The van der Waals surface area contributed by atoms with Gasteiger partial charge in [-0.1, -0.05) is 18.5 Å². The van der Waals surface area contributed by atoms with E-state index in [0.29, 0.717) is 0 Å². The van der Waals surface area contributed by atoms with Crippen molar-refractivity contribution in [3.05, 3.63) is 38.9 Å².